The number of hydrogen-bond donors (Lipinski definition) is 1. The highest BCUT2D eigenvalue weighted by molar-refractivity contribution is 6.30. The molecule has 0 saturated heterocycles. The minimum atomic E-state index is -4.46. The highest BCUT2D eigenvalue weighted by Gasteiger charge is 2.50. The smallest absolute Gasteiger partial charge is 0.362 e. The number of nitrogens with one attached hydrogen (secondary N) is 1. The van der Waals surface area contributed by atoms with E-state index in [0.29, 0.717) is 29.3 Å². The molecule has 0 radical (unpaired) electrons. The summed E-state index contributed by atoms with van der Waals surface area (Å²) < 4.78 is 38.2. The molecule has 1 N–H and O–H groups in total. The van der Waals surface area contributed by atoms with Gasteiger partial charge in [0.2, 0.25) is 11.6 Å². The summed E-state index contributed by atoms with van der Waals surface area (Å²) in [5, 5.41) is 8.51. The topological polar surface area (TPSA) is 63.2 Å². The molecule has 2 aromatic rings. The van der Waals surface area contributed by atoms with Crippen LogP contribution in [0.5, 0.6) is 0 Å². The quantitative estimate of drug-likeness (QED) is 0.603. The summed E-state index contributed by atoms with van der Waals surface area (Å²) in [6.07, 6.45) is -1.30. The largest absolute Gasteiger partial charge is 0.436 e. The van der Waals surface area contributed by atoms with Crippen LogP contribution in [0.4, 0.5) is 23.7 Å². The fourth-order valence-electron chi connectivity index (χ4n) is 3.66. The molecule has 1 aliphatic carbocycles. The van der Waals surface area contributed by atoms with Gasteiger partial charge in [-0.3, -0.25) is 5.32 Å². The number of halogens is 4. The Balaban J connectivity index is 1.52. The summed E-state index contributed by atoms with van der Waals surface area (Å²) in [5.41, 5.74) is -0.905. The highest BCUT2D eigenvalue weighted by atomic mass is 35.5. The molecule has 10 heteroatoms. The molecular formula is C21H19ClF3N3O3. The second kappa shape index (κ2) is 8.30. The number of anilines is 1. The van der Waals surface area contributed by atoms with Crippen LogP contribution in [0.15, 0.2) is 53.7 Å². The Kier molecular flexibility index (Phi) is 5.70. The van der Waals surface area contributed by atoms with E-state index in [1.165, 1.54) is 5.06 Å². The molecule has 1 amide bonds. The van der Waals surface area contributed by atoms with Gasteiger partial charge in [-0.25, -0.2) is 4.79 Å². The third-order valence-electron chi connectivity index (χ3n) is 5.23. The SMILES string of the molecule is O=C(Nc1ccc(C(F)(F)F)cc1)ON1C(c2ccc(Cl)cc2)=NOC12CCCCC2. The molecule has 1 aliphatic heterocycles. The normalized spacial score (nSPS) is 17.8. The van der Waals surface area contributed by atoms with Gasteiger partial charge in [-0.15, -0.1) is 5.06 Å². The molecule has 2 aliphatic rings. The molecule has 1 fully saturated rings. The molecular weight excluding hydrogens is 435 g/mol. The van der Waals surface area contributed by atoms with Gasteiger partial charge < -0.3 is 9.68 Å². The van der Waals surface area contributed by atoms with Crippen LogP contribution in [0.1, 0.15) is 43.2 Å². The average Bonchev–Trinajstić information content (AvgIpc) is 3.06. The third-order valence-corrected chi connectivity index (χ3v) is 5.49. The second-order valence-electron chi connectivity index (χ2n) is 7.39. The monoisotopic (exact) mass is 453 g/mol. The number of amides is 1. The predicted octanol–water partition coefficient (Wildman–Crippen LogP) is 6.18. The Hall–Kier alpha value is -2.94. The molecule has 4 rings (SSSR count). The Labute approximate surface area is 181 Å². The number of hydrogen-bond acceptors (Lipinski definition) is 5. The molecule has 0 atom stereocenters. The van der Waals surface area contributed by atoms with Gasteiger partial charge in [-0.2, -0.15) is 13.2 Å². The zero-order valence-corrected chi connectivity index (χ0v) is 17.0. The van der Waals surface area contributed by atoms with Gasteiger partial charge in [-0.05, 0) is 61.4 Å². The van der Waals surface area contributed by atoms with E-state index in [-0.39, 0.29) is 5.69 Å². The molecule has 1 saturated carbocycles. The number of amidine groups is 1. The van der Waals surface area contributed by atoms with Crippen LogP contribution in [0, 0.1) is 0 Å². The van der Waals surface area contributed by atoms with Gasteiger partial charge in [0.1, 0.15) is 0 Å². The lowest BCUT2D eigenvalue weighted by atomic mass is 9.91. The van der Waals surface area contributed by atoms with Crippen LogP contribution in [0.2, 0.25) is 5.02 Å². The first kappa shape index (κ1) is 21.3. The van der Waals surface area contributed by atoms with Gasteiger partial charge in [0.05, 0.1) is 5.56 Å². The fourth-order valence-corrected chi connectivity index (χ4v) is 3.78. The van der Waals surface area contributed by atoms with Crippen LogP contribution in [-0.4, -0.2) is 22.7 Å². The van der Waals surface area contributed by atoms with Gasteiger partial charge >= 0.3 is 12.3 Å². The van der Waals surface area contributed by atoms with Crippen LogP contribution in [0.25, 0.3) is 0 Å². The number of alkyl halides is 3. The average molecular weight is 454 g/mol. The van der Waals surface area contributed by atoms with E-state index in [2.05, 4.69) is 10.5 Å². The zero-order valence-electron chi connectivity index (χ0n) is 16.3. The van der Waals surface area contributed by atoms with Crippen molar-refractivity contribution in [3.05, 3.63) is 64.7 Å². The molecule has 6 nitrogen and oxygen atoms in total. The molecule has 0 unspecified atom stereocenters. The summed E-state index contributed by atoms with van der Waals surface area (Å²) in [6.45, 7) is 0. The Bertz CT molecular complexity index is 972. The van der Waals surface area contributed by atoms with Gasteiger partial charge in [0.15, 0.2) is 0 Å². The van der Waals surface area contributed by atoms with Gasteiger partial charge in [0, 0.05) is 29.1 Å². The lowest BCUT2D eigenvalue weighted by Gasteiger charge is -2.37. The number of benzene rings is 2. The Morgan fingerprint density at radius 3 is 2.32 bits per heavy atom. The van der Waals surface area contributed by atoms with Crippen molar-refractivity contribution in [2.75, 3.05) is 5.32 Å². The molecule has 164 valence electrons. The maximum absolute atomic E-state index is 12.7. The van der Waals surface area contributed by atoms with Gasteiger partial charge in [0.25, 0.3) is 0 Å². The van der Waals surface area contributed by atoms with Gasteiger partial charge in [-0.1, -0.05) is 23.2 Å². The number of nitrogens with zero attached hydrogens (tertiary/aromatic N) is 2. The lowest BCUT2D eigenvalue weighted by Crippen LogP contribution is -2.51. The maximum atomic E-state index is 12.7. The number of oxime groups is 1. The predicted molar refractivity (Wildman–Crippen MR) is 108 cm³/mol. The molecule has 1 heterocycles. The van der Waals surface area contributed by atoms with Crippen LogP contribution in [-0.2, 0) is 15.9 Å². The van der Waals surface area contributed by atoms with E-state index in [1.807, 2.05) is 0 Å². The number of rotatable bonds is 3. The molecule has 0 bridgehead atoms. The van der Waals surface area contributed by atoms with Crippen molar-refractivity contribution < 1.29 is 27.6 Å². The summed E-state index contributed by atoms with van der Waals surface area (Å²) in [5.74, 6) is 0.320. The first-order chi connectivity index (χ1) is 14.8. The van der Waals surface area contributed by atoms with E-state index in [0.717, 1.165) is 43.5 Å². The van der Waals surface area contributed by atoms with E-state index in [4.69, 9.17) is 21.3 Å². The number of carbonyl (C=O) groups excluding carboxylic acids is 1. The first-order valence-electron chi connectivity index (χ1n) is 9.75. The van der Waals surface area contributed by atoms with E-state index in [9.17, 15) is 18.0 Å². The fraction of sp³-hybridized carbons (Fsp3) is 0.333. The third kappa shape index (κ3) is 4.56. The van der Waals surface area contributed by atoms with Crippen LogP contribution >= 0.6 is 11.6 Å². The van der Waals surface area contributed by atoms with Crippen molar-refractivity contribution in [3.8, 4) is 0 Å². The molecule has 2 aromatic carbocycles. The summed E-state index contributed by atoms with van der Waals surface area (Å²) in [6, 6.07) is 10.9. The highest BCUT2D eigenvalue weighted by Crippen LogP contribution is 2.40. The lowest BCUT2D eigenvalue weighted by molar-refractivity contribution is -0.224. The Morgan fingerprint density at radius 2 is 1.71 bits per heavy atom. The van der Waals surface area contributed by atoms with E-state index in [1.54, 1.807) is 24.3 Å². The molecule has 0 aromatic heterocycles. The summed E-state index contributed by atoms with van der Waals surface area (Å²) in [7, 11) is 0. The van der Waals surface area contributed by atoms with Crippen LogP contribution in [0.3, 0.4) is 0 Å². The van der Waals surface area contributed by atoms with Crippen molar-refractivity contribution >= 4 is 29.2 Å². The summed E-state index contributed by atoms with van der Waals surface area (Å²) >= 11 is 5.96. The van der Waals surface area contributed by atoms with Crippen LogP contribution < -0.4 is 5.32 Å². The number of hydroxylamine groups is 2. The molecule has 1 spiro atoms. The number of carbonyl (C=O) groups is 1. The van der Waals surface area contributed by atoms with Crippen molar-refractivity contribution in [1.82, 2.24) is 5.06 Å². The minimum absolute atomic E-state index is 0.167. The summed E-state index contributed by atoms with van der Waals surface area (Å²) in [4.78, 5) is 23.9. The van der Waals surface area contributed by atoms with E-state index >= 15 is 0 Å². The van der Waals surface area contributed by atoms with Crippen molar-refractivity contribution in [2.24, 2.45) is 5.16 Å². The second-order valence-corrected chi connectivity index (χ2v) is 7.83. The van der Waals surface area contributed by atoms with Crippen molar-refractivity contribution in [2.45, 2.75) is 44.0 Å². The van der Waals surface area contributed by atoms with Crippen molar-refractivity contribution in [3.63, 3.8) is 0 Å². The Morgan fingerprint density at radius 1 is 1.06 bits per heavy atom. The first-order valence-corrected chi connectivity index (χ1v) is 10.1. The van der Waals surface area contributed by atoms with Crippen molar-refractivity contribution in [1.29, 1.82) is 0 Å². The maximum Gasteiger partial charge on any atom is 0.436 e. The van der Waals surface area contributed by atoms with E-state index < -0.39 is 23.6 Å². The molecule has 31 heavy (non-hydrogen) atoms. The standard InChI is InChI=1S/C21H19ClF3N3O3/c22-16-8-4-14(5-9-16)18-27-31-20(12-2-1-3-13-20)28(18)30-19(29)26-17-10-6-15(7-11-17)21(23,24)25/h4-11H,1-3,12-13H2,(H,26,29). The minimum Gasteiger partial charge on any atom is -0.362 e. The zero-order chi connectivity index (χ0) is 22.1.